The van der Waals surface area contributed by atoms with E-state index < -0.39 is 24.8 Å². The van der Waals surface area contributed by atoms with Crippen LogP contribution in [-0.2, 0) is 32.7 Å². The third-order valence-electron chi connectivity index (χ3n) is 2.83. The molecular formula is C16H29O7P. The predicted molar refractivity (Wildman–Crippen MR) is 90.7 cm³/mol. The van der Waals surface area contributed by atoms with Crippen molar-refractivity contribution < 1.29 is 32.7 Å². The normalized spacial score (nSPS) is 12.1. The molecule has 0 amide bonds. The van der Waals surface area contributed by atoms with Gasteiger partial charge in [-0.3, -0.25) is 4.57 Å². The van der Waals surface area contributed by atoms with Crippen LogP contribution in [0.15, 0.2) is 11.4 Å². The Hall–Kier alpha value is -1.17. The van der Waals surface area contributed by atoms with Gasteiger partial charge in [0.1, 0.15) is 0 Å². The maximum Gasteiger partial charge on any atom is 0.368 e. The van der Waals surface area contributed by atoms with Gasteiger partial charge in [0.25, 0.3) is 0 Å². The molecule has 0 spiro atoms. The molecule has 0 atom stereocenters. The minimum Gasteiger partial charge on any atom is -0.463 e. The lowest BCUT2D eigenvalue weighted by molar-refractivity contribution is -0.141. The Labute approximate surface area is 144 Å². The van der Waals surface area contributed by atoms with E-state index in [0.29, 0.717) is 12.8 Å². The Kier molecular flexibility index (Phi) is 12.5. The summed E-state index contributed by atoms with van der Waals surface area (Å²) in [5.74, 6) is -1.66. The molecule has 7 nitrogen and oxygen atoms in total. The maximum atomic E-state index is 12.8. The van der Waals surface area contributed by atoms with Gasteiger partial charge in [0, 0.05) is 6.08 Å². The fourth-order valence-electron chi connectivity index (χ4n) is 1.62. The lowest BCUT2D eigenvalue weighted by Crippen LogP contribution is -2.15. The van der Waals surface area contributed by atoms with Crippen molar-refractivity contribution in [2.75, 3.05) is 26.4 Å². The highest BCUT2D eigenvalue weighted by atomic mass is 31.2. The van der Waals surface area contributed by atoms with Crippen molar-refractivity contribution in [3.8, 4) is 0 Å². The molecule has 24 heavy (non-hydrogen) atoms. The van der Waals surface area contributed by atoms with E-state index in [-0.39, 0.29) is 26.4 Å². The van der Waals surface area contributed by atoms with Crippen molar-refractivity contribution >= 4 is 19.5 Å². The van der Waals surface area contributed by atoms with E-state index in [1.165, 1.54) is 0 Å². The second-order valence-electron chi connectivity index (χ2n) is 4.87. The monoisotopic (exact) mass is 364 g/mol. The highest BCUT2D eigenvalue weighted by molar-refractivity contribution is 7.60. The number of hydrogen-bond donors (Lipinski definition) is 0. The fraction of sp³-hybridized carbons (Fsp3) is 0.750. The molecule has 0 saturated carbocycles. The van der Waals surface area contributed by atoms with E-state index in [1.807, 2.05) is 13.8 Å². The lowest BCUT2D eigenvalue weighted by atomic mass is 10.3. The van der Waals surface area contributed by atoms with Crippen LogP contribution in [0, 0.1) is 0 Å². The van der Waals surface area contributed by atoms with Crippen LogP contribution in [0.1, 0.15) is 53.4 Å². The van der Waals surface area contributed by atoms with Gasteiger partial charge in [-0.1, -0.05) is 26.7 Å². The zero-order valence-corrected chi connectivity index (χ0v) is 15.9. The van der Waals surface area contributed by atoms with Crippen LogP contribution >= 0.6 is 7.60 Å². The summed E-state index contributed by atoms with van der Waals surface area (Å²) in [6.07, 6.45) is 3.91. The molecular weight excluding hydrogens is 335 g/mol. The zero-order chi connectivity index (χ0) is 18.4. The van der Waals surface area contributed by atoms with Crippen molar-refractivity contribution in [2.24, 2.45) is 0 Å². The molecule has 0 rings (SSSR count). The van der Waals surface area contributed by atoms with Crippen molar-refractivity contribution in [3.63, 3.8) is 0 Å². The SMILES string of the molecule is CCCCOC(=O)/C=C(/C(=O)OCCCC)P(=O)(OCC)OCC. The van der Waals surface area contributed by atoms with E-state index in [9.17, 15) is 14.2 Å². The summed E-state index contributed by atoms with van der Waals surface area (Å²) in [4.78, 5) is 24.1. The zero-order valence-electron chi connectivity index (χ0n) is 15.0. The van der Waals surface area contributed by atoms with E-state index in [2.05, 4.69) is 0 Å². The molecule has 8 heteroatoms. The average Bonchev–Trinajstić information content (AvgIpc) is 2.53. The van der Waals surface area contributed by atoms with Crippen LogP contribution in [0.2, 0.25) is 0 Å². The summed E-state index contributed by atoms with van der Waals surface area (Å²) in [6.45, 7) is 7.63. The first-order valence-electron chi connectivity index (χ1n) is 8.40. The topological polar surface area (TPSA) is 88.1 Å². The quantitative estimate of drug-likeness (QED) is 0.212. The van der Waals surface area contributed by atoms with Crippen molar-refractivity contribution in [1.29, 1.82) is 0 Å². The maximum absolute atomic E-state index is 12.8. The number of esters is 2. The summed E-state index contributed by atoms with van der Waals surface area (Å²) in [5.41, 5.74) is 0. The highest BCUT2D eigenvalue weighted by Gasteiger charge is 2.37. The van der Waals surface area contributed by atoms with E-state index in [0.717, 1.165) is 18.9 Å². The summed E-state index contributed by atoms with van der Waals surface area (Å²) in [7, 11) is -3.94. The minimum atomic E-state index is -3.94. The second kappa shape index (κ2) is 13.2. The van der Waals surface area contributed by atoms with Crippen LogP contribution in [-0.4, -0.2) is 38.4 Å². The van der Waals surface area contributed by atoms with Crippen LogP contribution in [0.5, 0.6) is 0 Å². The highest BCUT2D eigenvalue weighted by Crippen LogP contribution is 2.56. The van der Waals surface area contributed by atoms with Crippen LogP contribution in [0.25, 0.3) is 0 Å². The molecule has 0 saturated heterocycles. The number of rotatable bonds is 13. The number of hydrogen-bond acceptors (Lipinski definition) is 7. The summed E-state index contributed by atoms with van der Waals surface area (Å²) >= 11 is 0. The van der Waals surface area contributed by atoms with Crippen molar-refractivity contribution in [1.82, 2.24) is 0 Å². The van der Waals surface area contributed by atoms with Gasteiger partial charge >= 0.3 is 19.5 Å². The number of carbonyl (C=O) groups excluding carboxylic acids is 2. The minimum absolute atomic E-state index is 0.0573. The molecule has 0 radical (unpaired) electrons. The Morgan fingerprint density at radius 2 is 1.38 bits per heavy atom. The van der Waals surface area contributed by atoms with Crippen LogP contribution in [0.3, 0.4) is 0 Å². The fourth-order valence-corrected chi connectivity index (χ4v) is 3.20. The molecule has 0 N–H and O–H groups in total. The molecule has 0 unspecified atom stereocenters. The van der Waals surface area contributed by atoms with Gasteiger partial charge in [-0.2, -0.15) is 0 Å². The Morgan fingerprint density at radius 1 is 0.875 bits per heavy atom. The summed E-state index contributed by atoms with van der Waals surface area (Å²) in [5, 5.41) is -0.427. The Balaban J connectivity index is 5.35. The van der Waals surface area contributed by atoms with Crippen LogP contribution in [0.4, 0.5) is 0 Å². The second-order valence-corrected chi connectivity index (χ2v) is 6.87. The summed E-state index contributed by atoms with van der Waals surface area (Å²) in [6, 6.07) is 0. The van der Waals surface area contributed by atoms with Gasteiger partial charge in [0.15, 0.2) is 5.31 Å². The first-order valence-corrected chi connectivity index (χ1v) is 9.94. The molecule has 0 aliphatic rings. The number of carbonyl (C=O) groups is 2. The third kappa shape index (κ3) is 8.62. The first kappa shape index (κ1) is 22.8. The first-order chi connectivity index (χ1) is 11.4. The largest absolute Gasteiger partial charge is 0.463 e. The van der Waals surface area contributed by atoms with Gasteiger partial charge in [0.05, 0.1) is 26.4 Å². The smallest absolute Gasteiger partial charge is 0.368 e. The molecule has 140 valence electrons. The van der Waals surface area contributed by atoms with Gasteiger partial charge in [-0.25, -0.2) is 9.59 Å². The molecule has 0 aromatic carbocycles. The average molecular weight is 364 g/mol. The Bertz CT molecular complexity index is 449. The van der Waals surface area contributed by atoms with Crippen molar-refractivity contribution in [2.45, 2.75) is 53.4 Å². The Morgan fingerprint density at radius 3 is 1.83 bits per heavy atom. The molecule has 0 heterocycles. The van der Waals surface area contributed by atoms with Gasteiger partial charge in [-0.15, -0.1) is 0 Å². The predicted octanol–water partition coefficient (Wildman–Crippen LogP) is 3.82. The van der Waals surface area contributed by atoms with Crippen molar-refractivity contribution in [3.05, 3.63) is 11.4 Å². The molecule has 0 bridgehead atoms. The lowest BCUT2D eigenvalue weighted by Gasteiger charge is -2.19. The number of ether oxygens (including phenoxy) is 2. The van der Waals surface area contributed by atoms with E-state index in [4.69, 9.17) is 18.5 Å². The molecule has 0 aliphatic heterocycles. The number of unbranched alkanes of at least 4 members (excludes halogenated alkanes) is 2. The molecule has 0 aromatic rings. The summed E-state index contributed by atoms with van der Waals surface area (Å²) < 4.78 is 33.2. The van der Waals surface area contributed by atoms with Gasteiger partial charge < -0.3 is 18.5 Å². The van der Waals surface area contributed by atoms with E-state index in [1.54, 1.807) is 13.8 Å². The third-order valence-corrected chi connectivity index (χ3v) is 4.93. The van der Waals surface area contributed by atoms with Gasteiger partial charge in [0.2, 0.25) is 0 Å². The van der Waals surface area contributed by atoms with E-state index >= 15 is 0 Å². The van der Waals surface area contributed by atoms with Crippen LogP contribution < -0.4 is 0 Å². The standard InChI is InChI=1S/C16H29O7P/c1-5-9-11-20-15(17)13-14(16(18)21-12-10-6-2)24(19,22-7-3)23-8-4/h13H,5-12H2,1-4H3/b14-13-. The molecule has 0 fully saturated rings. The van der Waals surface area contributed by atoms with Gasteiger partial charge in [-0.05, 0) is 26.7 Å². The molecule has 0 aliphatic carbocycles. The molecule has 0 aromatic heterocycles.